The Morgan fingerprint density at radius 3 is 2.57 bits per heavy atom. The Balaban J connectivity index is 4.13. The number of amides is 1. The first-order chi connectivity index (χ1) is 6.63. The lowest BCUT2D eigenvalue weighted by Gasteiger charge is -2.20. The fourth-order valence-corrected chi connectivity index (χ4v) is 1.10. The van der Waals surface area contributed by atoms with Crippen molar-refractivity contribution in [2.45, 2.75) is 20.3 Å². The summed E-state index contributed by atoms with van der Waals surface area (Å²) in [6, 6.07) is 0. The van der Waals surface area contributed by atoms with Crippen molar-refractivity contribution in [3.8, 4) is 0 Å². The number of hydrogen-bond donors (Lipinski definition) is 1. The third-order valence-corrected chi connectivity index (χ3v) is 1.82. The molecule has 0 saturated heterocycles. The summed E-state index contributed by atoms with van der Waals surface area (Å²) < 4.78 is 0. The topological polar surface area (TPSA) is 40.5 Å². The fraction of sp³-hybridized carbons (Fsp3) is 0.545. The summed E-state index contributed by atoms with van der Waals surface area (Å²) in [6.07, 6.45) is 4.76. The van der Waals surface area contributed by atoms with Crippen LogP contribution in [0.1, 0.15) is 20.3 Å². The lowest BCUT2D eigenvalue weighted by Crippen LogP contribution is -2.34. The molecule has 0 aromatic heterocycles. The highest BCUT2D eigenvalue weighted by Crippen LogP contribution is 2.00. The molecule has 0 aliphatic carbocycles. The average molecular weight is 197 g/mol. The number of allylic oxidation sites excluding steroid dienone is 1. The van der Waals surface area contributed by atoms with Crippen LogP contribution in [0.15, 0.2) is 24.3 Å². The Kier molecular flexibility index (Phi) is 6.76. The monoisotopic (exact) mass is 197 g/mol. The van der Waals surface area contributed by atoms with Crippen LogP contribution in [0.2, 0.25) is 0 Å². The number of aliphatic hydroxyl groups is 1. The molecule has 14 heavy (non-hydrogen) atoms. The summed E-state index contributed by atoms with van der Waals surface area (Å²) in [5.41, 5.74) is 0.513. The van der Waals surface area contributed by atoms with E-state index in [1.54, 1.807) is 11.8 Å². The highest BCUT2D eigenvalue weighted by molar-refractivity contribution is 5.92. The van der Waals surface area contributed by atoms with Crippen molar-refractivity contribution in [2.75, 3.05) is 19.7 Å². The van der Waals surface area contributed by atoms with Gasteiger partial charge >= 0.3 is 0 Å². The van der Waals surface area contributed by atoms with E-state index >= 15 is 0 Å². The van der Waals surface area contributed by atoms with E-state index in [2.05, 4.69) is 6.58 Å². The maximum Gasteiger partial charge on any atom is 0.248 e. The van der Waals surface area contributed by atoms with E-state index in [-0.39, 0.29) is 12.5 Å². The summed E-state index contributed by atoms with van der Waals surface area (Å²) in [4.78, 5) is 13.1. The quantitative estimate of drug-likeness (QED) is 0.516. The zero-order valence-corrected chi connectivity index (χ0v) is 8.99. The van der Waals surface area contributed by atoms with Gasteiger partial charge in [-0.2, -0.15) is 0 Å². The van der Waals surface area contributed by atoms with Crippen LogP contribution in [0, 0.1) is 0 Å². The van der Waals surface area contributed by atoms with E-state index in [1.165, 1.54) is 0 Å². The molecular weight excluding hydrogens is 178 g/mol. The summed E-state index contributed by atoms with van der Waals surface area (Å²) in [6.45, 7) is 8.23. The molecule has 1 amide bonds. The third-order valence-electron chi connectivity index (χ3n) is 1.82. The van der Waals surface area contributed by atoms with Gasteiger partial charge in [-0.25, -0.2) is 0 Å². The van der Waals surface area contributed by atoms with Gasteiger partial charge in [0, 0.05) is 18.7 Å². The molecule has 0 radical (unpaired) electrons. The van der Waals surface area contributed by atoms with E-state index in [4.69, 9.17) is 5.11 Å². The standard InChI is InChI=1S/C11H19NO2/c1-4-5-6-7-12(8-9-13)11(14)10(2)3/h4-5,13H,2,6-9H2,1,3H3. The van der Waals surface area contributed by atoms with Crippen LogP contribution in [0.25, 0.3) is 0 Å². The summed E-state index contributed by atoms with van der Waals surface area (Å²) in [5, 5.41) is 8.78. The Labute approximate surface area is 85.7 Å². The number of nitrogens with zero attached hydrogens (tertiary/aromatic N) is 1. The molecule has 0 rings (SSSR count). The fourth-order valence-electron chi connectivity index (χ4n) is 1.10. The predicted octanol–water partition coefficient (Wildman–Crippen LogP) is 1.35. The van der Waals surface area contributed by atoms with E-state index in [1.807, 2.05) is 19.1 Å². The van der Waals surface area contributed by atoms with E-state index < -0.39 is 0 Å². The molecule has 0 aliphatic heterocycles. The van der Waals surface area contributed by atoms with E-state index in [0.29, 0.717) is 18.7 Å². The summed E-state index contributed by atoms with van der Waals surface area (Å²) in [5.74, 6) is -0.0800. The Morgan fingerprint density at radius 1 is 1.50 bits per heavy atom. The van der Waals surface area contributed by atoms with Crippen molar-refractivity contribution in [2.24, 2.45) is 0 Å². The number of hydrogen-bond acceptors (Lipinski definition) is 2. The van der Waals surface area contributed by atoms with Crippen LogP contribution in [0.5, 0.6) is 0 Å². The molecule has 0 heterocycles. The van der Waals surface area contributed by atoms with E-state index in [9.17, 15) is 4.79 Å². The molecule has 0 bridgehead atoms. The van der Waals surface area contributed by atoms with Crippen molar-refractivity contribution >= 4 is 5.91 Å². The molecule has 3 heteroatoms. The second-order valence-electron chi connectivity index (χ2n) is 3.15. The highest BCUT2D eigenvalue weighted by atomic mass is 16.3. The Bertz CT molecular complexity index is 221. The molecule has 1 N–H and O–H groups in total. The van der Waals surface area contributed by atoms with Crippen molar-refractivity contribution in [1.82, 2.24) is 4.90 Å². The molecule has 0 atom stereocenters. The van der Waals surface area contributed by atoms with Gasteiger partial charge in [0.05, 0.1) is 6.61 Å². The molecule has 0 fully saturated rings. The van der Waals surface area contributed by atoms with Crippen molar-refractivity contribution in [3.05, 3.63) is 24.3 Å². The molecule has 0 saturated carbocycles. The molecule has 0 spiro atoms. The van der Waals surface area contributed by atoms with Crippen LogP contribution < -0.4 is 0 Å². The van der Waals surface area contributed by atoms with Gasteiger partial charge in [0.1, 0.15) is 0 Å². The molecule has 0 unspecified atom stereocenters. The lowest BCUT2D eigenvalue weighted by atomic mass is 10.2. The first kappa shape index (κ1) is 12.9. The predicted molar refractivity (Wildman–Crippen MR) is 57.9 cm³/mol. The van der Waals surface area contributed by atoms with Crippen molar-refractivity contribution in [1.29, 1.82) is 0 Å². The minimum atomic E-state index is -0.0800. The second-order valence-corrected chi connectivity index (χ2v) is 3.15. The number of carbonyl (C=O) groups excluding carboxylic acids is 1. The maximum absolute atomic E-state index is 11.5. The Hall–Kier alpha value is -1.09. The zero-order chi connectivity index (χ0) is 11.0. The van der Waals surface area contributed by atoms with Crippen LogP contribution in [-0.4, -0.2) is 35.6 Å². The highest BCUT2D eigenvalue weighted by Gasteiger charge is 2.11. The lowest BCUT2D eigenvalue weighted by molar-refractivity contribution is -0.127. The Morgan fingerprint density at radius 2 is 2.14 bits per heavy atom. The average Bonchev–Trinajstić information content (AvgIpc) is 2.15. The first-order valence-electron chi connectivity index (χ1n) is 4.80. The first-order valence-corrected chi connectivity index (χ1v) is 4.80. The normalized spacial score (nSPS) is 10.5. The van der Waals surface area contributed by atoms with Crippen LogP contribution >= 0.6 is 0 Å². The molecule has 3 nitrogen and oxygen atoms in total. The van der Waals surface area contributed by atoms with Gasteiger partial charge in [-0.05, 0) is 20.3 Å². The van der Waals surface area contributed by atoms with Crippen molar-refractivity contribution < 1.29 is 9.90 Å². The smallest absolute Gasteiger partial charge is 0.248 e. The number of carbonyl (C=O) groups is 1. The van der Waals surface area contributed by atoms with Crippen LogP contribution in [0.3, 0.4) is 0 Å². The van der Waals surface area contributed by atoms with Crippen molar-refractivity contribution in [3.63, 3.8) is 0 Å². The molecule has 0 aromatic rings. The number of aliphatic hydroxyl groups excluding tert-OH is 1. The van der Waals surface area contributed by atoms with Gasteiger partial charge in [-0.3, -0.25) is 4.79 Å². The van der Waals surface area contributed by atoms with E-state index in [0.717, 1.165) is 6.42 Å². The minimum Gasteiger partial charge on any atom is -0.395 e. The van der Waals surface area contributed by atoms with Gasteiger partial charge < -0.3 is 10.0 Å². The minimum absolute atomic E-state index is 0.00510. The van der Waals surface area contributed by atoms with Gasteiger partial charge in [0.25, 0.3) is 0 Å². The molecule has 80 valence electrons. The summed E-state index contributed by atoms with van der Waals surface area (Å²) >= 11 is 0. The third kappa shape index (κ3) is 4.82. The SMILES string of the molecule is C=C(C)C(=O)N(CCO)CCC=CC. The maximum atomic E-state index is 11.5. The molecule has 0 aromatic carbocycles. The summed E-state index contributed by atoms with van der Waals surface area (Å²) in [7, 11) is 0. The zero-order valence-electron chi connectivity index (χ0n) is 8.99. The van der Waals surface area contributed by atoms with Gasteiger partial charge in [-0.15, -0.1) is 0 Å². The van der Waals surface area contributed by atoms with Gasteiger partial charge in [0.15, 0.2) is 0 Å². The van der Waals surface area contributed by atoms with Gasteiger partial charge in [-0.1, -0.05) is 18.7 Å². The molecule has 0 aliphatic rings. The largest absolute Gasteiger partial charge is 0.395 e. The second kappa shape index (κ2) is 7.33. The van der Waals surface area contributed by atoms with Gasteiger partial charge in [0.2, 0.25) is 5.91 Å². The number of rotatable bonds is 6. The van der Waals surface area contributed by atoms with Crippen LogP contribution in [0.4, 0.5) is 0 Å². The molecular formula is C11H19NO2. The van der Waals surface area contributed by atoms with Crippen LogP contribution in [-0.2, 0) is 4.79 Å².